The Morgan fingerprint density at radius 1 is 1.35 bits per heavy atom. The average molecular weight is 364 g/mol. The van der Waals surface area contributed by atoms with Crippen molar-refractivity contribution < 1.29 is 23.2 Å². The molecule has 2 rings (SSSR count). The molecule has 0 saturated heterocycles. The number of alkyl carbamates (subject to hydrolysis) is 1. The van der Waals surface area contributed by atoms with E-state index < -0.39 is 23.6 Å². The highest BCUT2D eigenvalue weighted by molar-refractivity contribution is 5.73. The summed E-state index contributed by atoms with van der Waals surface area (Å²) in [6, 6.07) is 4.91. The first-order chi connectivity index (χ1) is 12.1. The molecular weight excluding hydrogens is 343 g/mol. The minimum absolute atomic E-state index is 0.0271. The predicted molar refractivity (Wildman–Crippen MR) is 90.5 cm³/mol. The van der Waals surface area contributed by atoms with Crippen molar-refractivity contribution in [3.63, 3.8) is 0 Å². The molecule has 2 N–H and O–H groups in total. The number of benzene rings is 1. The molecule has 0 aliphatic carbocycles. The maximum Gasteiger partial charge on any atom is 0.408 e. The van der Waals surface area contributed by atoms with E-state index in [0.717, 1.165) is 0 Å². The van der Waals surface area contributed by atoms with Crippen molar-refractivity contribution in [2.75, 3.05) is 6.54 Å². The largest absolute Gasteiger partial charge is 0.444 e. The quantitative estimate of drug-likeness (QED) is 0.845. The molecule has 0 radical (unpaired) electrons. The Morgan fingerprint density at radius 2 is 2.08 bits per heavy atom. The van der Waals surface area contributed by atoms with Crippen molar-refractivity contribution in [3.8, 4) is 11.4 Å². The van der Waals surface area contributed by atoms with Crippen molar-refractivity contribution >= 4 is 12.0 Å². The van der Waals surface area contributed by atoms with Gasteiger partial charge >= 0.3 is 6.09 Å². The van der Waals surface area contributed by atoms with Gasteiger partial charge in [-0.2, -0.15) is 4.98 Å². The summed E-state index contributed by atoms with van der Waals surface area (Å²) in [5.41, 5.74) is -0.264. The summed E-state index contributed by atoms with van der Waals surface area (Å²) in [4.78, 5) is 27.4. The first-order valence-corrected chi connectivity index (χ1v) is 7.97. The number of carbonyl (C=O) groups excluding carboxylic acids is 2. The zero-order chi connectivity index (χ0) is 19.3. The Bertz CT molecular complexity index is 785. The number of hydrogen-bond donors (Lipinski definition) is 2. The molecule has 2 aromatic rings. The molecule has 9 heteroatoms. The van der Waals surface area contributed by atoms with Crippen LogP contribution < -0.4 is 10.6 Å². The summed E-state index contributed by atoms with van der Waals surface area (Å²) >= 11 is 0. The summed E-state index contributed by atoms with van der Waals surface area (Å²) in [5, 5.41) is 8.95. The van der Waals surface area contributed by atoms with Crippen LogP contribution in [0.5, 0.6) is 0 Å². The molecule has 1 aromatic carbocycles. The van der Waals surface area contributed by atoms with Crippen LogP contribution in [0.25, 0.3) is 11.4 Å². The number of rotatable bonds is 5. The summed E-state index contributed by atoms with van der Waals surface area (Å²) in [5.74, 6) is -0.497. The van der Waals surface area contributed by atoms with Gasteiger partial charge in [0.2, 0.25) is 11.7 Å². The lowest BCUT2D eigenvalue weighted by Crippen LogP contribution is -2.40. The van der Waals surface area contributed by atoms with Gasteiger partial charge in [0.1, 0.15) is 17.5 Å². The van der Waals surface area contributed by atoms with Gasteiger partial charge in [-0.25, -0.2) is 9.18 Å². The fraction of sp³-hybridized carbons (Fsp3) is 0.412. The van der Waals surface area contributed by atoms with Gasteiger partial charge in [0.05, 0.1) is 0 Å². The molecule has 8 nitrogen and oxygen atoms in total. The SMILES string of the molecule is CC(=O)NC[C@@H](NC(=O)OC(C)(C)C)c1nc(-c2cccc(F)c2)no1. The fourth-order valence-corrected chi connectivity index (χ4v) is 2.02. The van der Waals surface area contributed by atoms with E-state index in [1.165, 1.54) is 25.1 Å². The molecule has 0 saturated carbocycles. The Labute approximate surface area is 150 Å². The molecule has 0 aliphatic rings. The zero-order valence-corrected chi connectivity index (χ0v) is 15.0. The number of nitrogens with zero attached hydrogens (tertiary/aromatic N) is 2. The van der Waals surface area contributed by atoms with Gasteiger partial charge in [0, 0.05) is 19.0 Å². The Morgan fingerprint density at radius 3 is 2.69 bits per heavy atom. The lowest BCUT2D eigenvalue weighted by molar-refractivity contribution is -0.119. The van der Waals surface area contributed by atoms with E-state index in [4.69, 9.17) is 9.26 Å². The molecule has 0 bridgehead atoms. The van der Waals surface area contributed by atoms with E-state index in [2.05, 4.69) is 20.8 Å². The summed E-state index contributed by atoms with van der Waals surface area (Å²) < 4.78 is 23.7. The Hall–Kier alpha value is -2.97. The van der Waals surface area contributed by atoms with E-state index >= 15 is 0 Å². The number of nitrogens with one attached hydrogen (secondary N) is 2. The van der Waals surface area contributed by atoms with Crippen LogP contribution in [0.2, 0.25) is 0 Å². The first-order valence-electron chi connectivity index (χ1n) is 7.97. The highest BCUT2D eigenvalue weighted by atomic mass is 19.1. The van der Waals surface area contributed by atoms with Gasteiger partial charge in [-0.05, 0) is 32.9 Å². The second kappa shape index (κ2) is 7.94. The molecule has 1 atom stereocenters. The third-order valence-electron chi connectivity index (χ3n) is 3.07. The van der Waals surface area contributed by atoms with Crippen LogP contribution in [-0.2, 0) is 9.53 Å². The summed E-state index contributed by atoms with van der Waals surface area (Å²) in [6.07, 6.45) is -0.696. The fourth-order valence-electron chi connectivity index (χ4n) is 2.02. The Balaban J connectivity index is 2.19. The lowest BCUT2D eigenvalue weighted by Gasteiger charge is -2.22. The monoisotopic (exact) mass is 364 g/mol. The number of halogens is 1. The smallest absolute Gasteiger partial charge is 0.408 e. The van der Waals surface area contributed by atoms with Gasteiger partial charge < -0.3 is 19.9 Å². The number of ether oxygens (including phenoxy) is 1. The van der Waals surface area contributed by atoms with Crippen LogP contribution in [0.15, 0.2) is 28.8 Å². The lowest BCUT2D eigenvalue weighted by atomic mass is 10.2. The van der Waals surface area contributed by atoms with Gasteiger partial charge in [0.25, 0.3) is 5.89 Å². The zero-order valence-electron chi connectivity index (χ0n) is 15.0. The molecule has 0 unspecified atom stereocenters. The summed E-state index contributed by atoms with van der Waals surface area (Å²) in [6.45, 7) is 6.55. The van der Waals surface area contributed by atoms with Crippen LogP contribution in [0.3, 0.4) is 0 Å². The van der Waals surface area contributed by atoms with E-state index in [0.29, 0.717) is 5.56 Å². The topological polar surface area (TPSA) is 106 Å². The van der Waals surface area contributed by atoms with E-state index in [9.17, 15) is 14.0 Å². The third kappa shape index (κ3) is 5.83. The highest BCUT2D eigenvalue weighted by Crippen LogP contribution is 2.20. The van der Waals surface area contributed by atoms with Crippen LogP contribution >= 0.6 is 0 Å². The van der Waals surface area contributed by atoms with E-state index in [-0.39, 0.29) is 24.2 Å². The molecule has 0 spiro atoms. The van der Waals surface area contributed by atoms with Gasteiger partial charge in [0.15, 0.2) is 0 Å². The number of carbonyl (C=O) groups is 2. The number of amides is 2. The minimum Gasteiger partial charge on any atom is -0.444 e. The Kier molecular flexibility index (Phi) is 5.91. The minimum atomic E-state index is -0.802. The van der Waals surface area contributed by atoms with Gasteiger partial charge in [-0.1, -0.05) is 17.3 Å². The van der Waals surface area contributed by atoms with Gasteiger partial charge in [-0.3, -0.25) is 4.79 Å². The predicted octanol–water partition coefficient (Wildman–Crippen LogP) is 2.58. The van der Waals surface area contributed by atoms with Crippen molar-refractivity contribution in [1.82, 2.24) is 20.8 Å². The molecule has 2 amide bonds. The standard InChI is InChI=1S/C17H21FN4O4/c1-10(23)19-9-13(20-16(24)25-17(2,3)4)15-21-14(22-26-15)11-6-5-7-12(18)8-11/h5-8,13H,9H2,1-4H3,(H,19,23)(H,20,24)/t13-/m1/s1. The average Bonchev–Trinajstić information content (AvgIpc) is 2.99. The van der Waals surface area contributed by atoms with Crippen LogP contribution in [0.1, 0.15) is 39.6 Å². The molecule has 140 valence electrons. The van der Waals surface area contributed by atoms with Crippen LogP contribution in [0, 0.1) is 5.82 Å². The number of hydrogen-bond acceptors (Lipinski definition) is 6. The van der Waals surface area contributed by atoms with E-state index in [1.807, 2.05) is 0 Å². The van der Waals surface area contributed by atoms with Crippen molar-refractivity contribution in [3.05, 3.63) is 36.0 Å². The maximum absolute atomic E-state index is 13.4. The second-order valence-corrected chi connectivity index (χ2v) is 6.60. The van der Waals surface area contributed by atoms with Crippen LogP contribution in [-0.4, -0.2) is 34.3 Å². The third-order valence-corrected chi connectivity index (χ3v) is 3.07. The van der Waals surface area contributed by atoms with E-state index in [1.54, 1.807) is 26.8 Å². The van der Waals surface area contributed by atoms with Gasteiger partial charge in [-0.15, -0.1) is 0 Å². The highest BCUT2D eigenvalue weighted by Gasteiger charge is 2.25. The summed E-state index contributed by atoms with van der Waals surface area (Å²) in [7, 11) is 0. The normalized spacial score (nSPS) is 12.3. The molecule has 26 heavy (non-hydrogen) atoms. The molecular formula is C17H21FN4O4. The molecule has 0 aliphatic heterocycles. The van der Waals surface area contributed by atoms with Crippen molar-refractivity contribution in [2.24, 2.45) is 0 Å². The van der Waals surface area contributed by atoms with Crippen LogP contribution in [0.4, 0.5) is 9.18 Å². The first kappa shape index (κ1) is 19.4. The number of aromatic nitrogens is 2. The molecule has 1 aromatic heterocycles. The molecule has 0 fully saturated rings. The maximum atomic E-state index is 13.4. The van der Waals surface area contributed by atoms with Crippen molar-refractivity contribution in [1.29, 1.82) is 0 Å². The van der Waals surface area contributed by atoms with Crippen molar-refractivity contribution in [2.45, 2.75) is 39.3 Å². The second-order valence-electron chi connectivity index (χ2n) is 6.60. The molecule has 1 heterocycles.